The Morgan fingerprint density at radius 2 is 2.36 bits per heavy atom. The van der Waals surface area contributed by atoms with E-state index < -0.39 is 18.9 Å². The molecule has 0 bridgehead atoms. The molecule has 11 heavy (non-hydrogen) atoms. The summed E-state index contributed by atoms with van der Waals surface area (Å²) in [5.74, 6) is -0.725. The molecule has 4 heteroatoms. The summed E-state index contributed by atoms with van der Waals surface area (Å²) >= 11 is 0. The van der Waals surface area contributed by atoms with Crippen molar-refractivity contribution in [2.75, 3.05) is 13.2 Å². The predicted octanol–water partition coefficient (Wildman–Crippen LogP) is 0.487. The van der Waals surface area contributed by atoms with Gasteiger partial charge in [-0.05, 0) is 12.8 Å². The third kappa shape index (κ3) is 2.86. The van der Waals surface area contributed by atoms with Crippen LogP contribution in [-0.4, -0.2) is 25.5 Å². The van der Waals surface area contributed by atoms with Crippen molar-refractivity contribution in [2.45, 2.75) is 25.6 Å². The number of hydrogen-bond acceptors (Lipinski definition) is 3. The van der Waals surface area contributed by atoms with E-state index in [2.05, 4.69) is 4.74 Å². The molecule has 63 valence electrons. The first kappa shape index (κ1) is 8.49. The Bertz CT molecular complexity index is 128. The molecule has 1 aliphatic rings. The predicted molar refractivity (Wildman–Crippen MR) is 35.2 cm³/mol. The minimum atomic E-state index is -0.820. The van der Waals surface area contributed by atoms with Crippen molar-refractivity contribution in [3.05, 3.63) is 0 Å². The molecular weight excluding hydrogens is 148 g/mol. The molecule has 1 rings (SSSR count). The van der Waals surface area contributed by atoms with E-state index in [0.29, 0.717) is 13.0 Å². The van der Waals surface area contributed by atoms with E-state index in [1.54, 1.807) is 0 Å². The number of hydrogen-bond donors (Lipinski definition) is 0. The summed E-state index contributed by atoms with van der Waals surface area (Å²) in [6.45, 7) is -0.198. The van der Waals surface area contributed by atoms with Crippen molar-refractivity contribution in [3.63, 3.8) is 0 Å². The SMILES string of the molecule is [O]CC(=O)OC1CCCCO1. The second kappa shape index (κ2) is 4.31. The lowest BCUT2D eigenvalue weighted by Gasteiger charge is -2.21. The number of carbonyl (C=O) groups excluding carboxylic acids is 1. The fourth-order valence-electron chi connectivity index (χ4n) is 0.985. The number of ether oxygens (including phenoxy) is 2. The lowest BCUT2D eigenvalue weighted by Crippen LogP contribution is -2.26. The van der Waals surface area contributed by atoms with Crippen molar-refractivity contribution in [3.8, 4) is 0 Å². The Morgan fingerprint density at radius 3 is 2.91 bits per heavy atom. The minimum absolute atomic E-state index is 0.467. The van der Waals surface area contributed by atoms with Crippen LogP contribution in [0, 0.1) is 0 Å². The maximum Gasteiger partial charge on any atom is 0.337 e. The van der Waals surface area contributed by atoms with E-state index in [9.17, 15) is 9.90 Å². The van der Waals surface area contributed by atoms with Gasteiger partial charge in [-0.1, -0.05) is 0 Å². The van der Waals surface area contributed by atoms with Gasteiger partial charge in [0.1, 0.15) is 0 Å². The average Bonchev–Trinajstić information content (AvgIpc) is 2.06. The van der Waals surface area contributed by atoms with E-state index in [4.69, 9.17) is 4.74 Å². The fraction of sp³-hybridized carbons (Fsp3) is 0.857. The molecular formula is C7H11O4. The van der Waals surface area contributed by atoms with E-state index in [1.807, 2.05) is 0 Å². The number of esters is 1. The van der Waals surface area contributed by atoms with Crippen LogP contribution in [0.1, 0.15) is 19.3 Å². The number of carbonyl (C=O) groups is 1. The van der Waals surface area contributed by atoms with Gasteiger partial charge in [-0.3, -0.25) is 0 Å². The molecule has 0 spiro atoms. The van der Waals surface area contributed by atoms with Crippen molar-refractivity contribution in [2.24, 2.45) is 0 Å². The average molecular weight is 159 g/mol. The maximum atomic E-state index is 10.5. The van der Waals surface area contributed by atoms with Crippen LogP contribution in [0.5, 0.6) is 0 Å². The maximum absolute atomic E-state index is 10.5. The highest BCUT2D eigenvalue weighted by atomic mass is 16.7. The summed E-state index contributed by atoms with van der Waals surface area (Å²) in [4.78, 5) is 10.5. The summed E-state index contributed by atoms with van der Waals surface area (Å²) < 4.78 is 9.74. The molecule has 1 fully saturated rings. The standard InChI is InChI=1S/C7H11O4/c8-5-6(9)11-7-3-1-2-4-10-7/h7H,1-5H2. The third-order valence-electron chi connectivity index (χ3n) is 1.52. The second-order valence-corrected chi connectivity index (χ2v) is 2.43. The Balaban J connectivity index is 2.19. The fourth-order valence-corrected chi connectivity index (χ4v) is 0.985. The Labute approximate surface area is 65.1 Å². The van der Waals surface area contributed by atoms with Gasteiger partial charge < -0.3 is 9.47 Å². The first-order chi connectivity index (χ1) is 5.33. The zero-order valence-electron chi connectivity index (χ0n) is 6.25. The zero-order valence-corrected chi connectivity index (χ0v) is 6.25. The van der Waals surface area contributed by atoms with E-state index >= 15 is 0 Å². The van der Waals surface area contributed by atoms with Crippen molar-refractivity contribution < 1.29 is 19.4 Å². The van der Waals surface area contributed by atoms with Crippen LogP contribution in [0.15, 0.2) is 0 Å². The van der Waals surface area contributed by atoms with Crippen LogP contribution in [0.25, 0.3) is 0 Å². The van der Waals surface area contributed by atoms with Crippen LogP contribution < -0.4 is 0 Å². The molecule has 0 N–H and O–H groups in total. The molecule has 1 heterocycles. The van der Waals surface area contributed by atoms with Gasteiger partial charge in [-0.2, -0.15) is 0 Å². The molecule has 0 aliphatic carbocycles. The van der Waals surface area contributed by atoms with Crippen LogP contribution in [0.2, 0.25) is 0 Å². The van der Waals surface area contributed by atoms with Gasteiger partial charge in [0.05, 0.1) is 6.61 Å². The monoisotopic (exact) mass is 159 g/mol. The molecule has 0 aromatic rings. The summed E-state index contributed by atoms with van der Waals surface area (Å²) in [5, 5.41) is 9.97. The van der Waals surface area contributed by atoms with Gasteiger partial charge in [0.2, 0.25) is 6.29 Å². The summed E-state index contributed by atoms with van der Waals surface area (Å²) in [5.41, 5.74) is 0. The zero-order chi connectivity index (χ0) is 8.10. The van der Waals surface area contributed by atoms with Crippen molar-refractivity contribution >= 4 is 5.97 Å². The van der Waals surface area contributed by atoms with Crippen LogP contribution >= 0.6 is 0 Å². The van der Waals surface area contributed by atoms with Gasteiger partial charge in [-0.25, -0.2) is 9.90 Å². The van der Waals surface area contributed by atoms with Crippen molar-refractivity contribution in [1.82, 2.24) is 0 Å². The topological polar surface area (TPSA) is 55.4 Å². The Hall–Kier alpha value is -0.610. The molecule has 1 radical (unpaired) electrons. The first-order valence-electron chi connectivity index (χ1n) is 3.72. The smallest absolute Gasteiger partial charge is 0.337 e. The summed E-state index contributed by atoms with van der Waals surface area (Å²) in [7, 11) is 0. The highest BCUT2D eigenvalue weighted by Crippen LogP contribution is 2.13. The Kier molecular flexibility index (Phi) is 3.32. The summed E-state index contributed by atoms with van der Waals surface area (Å²) in [6, 6.07) is 0. The van der Waals surface area contributed by atoms with Gasteiger partial charge in [0, 0.05) is 6.42 Å². The number of rotatable bonds is 2. The Morgan fingerprint density at radius 1 is 1.55 bits per heavy atom. The van der Waals surface area contributed by atoms with Crippen LogP contribution in [-0.2, 0) is 19.4 Å². The molecule has 1 unspecified atom stereocenters. The van der Waals surface area contributed by atoms with Crippen LogP contribution in [0.3, 0.4) is 0 Å². The van der Waals surface area contributed by atoms with Gasteiger partial charge in [-0.15, -0.1) is 0 Å². The van der Waals surface area contributed by atoms with E-state index in [0.717, 1.165) is 12.8 Å². The van der Waals surface area contributed by atoms with Crippen LogP contribution in [0.4, 0.5) is 0 Å². The van der Waals surface area contributed by atoms with Gasteiger partial charge >= 0.3 is 5.97 Å². The highest BCUT2D eigenvalue weighted by molar-refractivity contribution is 5.70. The van der Waals surface area contributed by atoms with E-state index in [-0.39, 0.29) is 0 Å². The summed E-state index contributed by atoms with van der Waals surface area (Å²) in [6.07, 6.45) is 2.25. The molecule has 1 saturated heterocycles. The largest absolute Gasteiger partial charge is 0.434 e. The van der Waals surface area contributed by atoms with E-state index in [1.165, 1.54) is 0 Å². The molecule has 0 aromatic carbocycles. The quantitative estimate of drug-likeness (QED) is 0.551. The third-order valence-corrected chi connectivity index (χ3v) is 1.52. The molecule has 1 aliphatic heterocycles. The minimum Gasteiger partial charge on any atom is -0.434 e. The van der Waals surface area contributed by atoms with Gasteiger partial charge in [0.25, 0.3) is 0 Å². The lowest BCUT2D eigenvalue weighted by atomic mass is 10.2. The normalized spacial score (nSPS) is 24.6. The second-order valence-electron chi connectivity index (χ2n) is 2.43. The first-order valence-corrected chi connectivity index (χ1v) is 3.72. The molecule has 4 nitrogen and oxygen atoms in total. The highest BCUT2D eigenvalue weighted by Gasteiger charge is 2.17. The lowest BCUT2D eigenvalue weighted by molar-refractivity contribution is -0.190. The molecule has 0 saturated carbocycles. The molecule has 1 atom stereocenters. The van der Waals surface area contributed by atoms with Crippen molar-refractivity contribution in [1.29, 1.82) is 0 Å². The molecule has 0 amide bonds. The molecule has 0 aromatic heterocycles. The van der Waals surface area contributed by atoms with Gasteiger partial charge in [0.15, 0.2) is 6.61 Å².